The first-order chi connectivity index (χ1) is 13.2. The Bertz CT molecular complexity index is 945. The zero-order chi connectivity index (χ0) is 18.6. The number of carbonyl (C=O) groups excluding carboxylic acids is 2. The van der Waals surface area contributed by atoms with E-state index in [1.807, 2.05) is 35.2 Å². The standard InChI is InChI=1S/C20H21N5O2/c26-18(23-12-14-24(15-13-23)20-21-9-3-10-22-20)6-7-19(27)25-11-8-16-4-1-2-5-17(16)25/h1-5,8-11H,6-7,12-15H2. The smallest absolute Gasteiger partial charge is 0.231 e. The predicted octanol–water partition coefficient (Wildman–Crippen LogP) is 2.20. The van der Waals surface area contributed by atoms with Crippen molar-refractivity contribution in [1.82, 2.24) is 19.4 Å². The van der Waals surface area contributed by atoms with Crippen LogP contribution in [0.25, 0.3) is 10.9 Å². The van der Waals surface area contributed by atoms with Crippen LogP contribution in [-0.2, 0) is 4.79 Å². The van der Waals surface area contributed by atoms with Crippen molar-refractivity contribution in [1.29, 1.82) is 0 Å². The highest BCUT2D eigenvalue weighted by molar-refractivity contribution is 5.94. The Morgan fingerprint density at radius 2 is 1.56 bits per heavy atom. The maximum atomic E-state index is 12.5. The zero-order valence-electron chi connectivity index (χ0n) is 15.0. The Labute approximate surface area is 157 Å². The highest BCUT2D eigenvalue weighted by Crippen LogP contribution is 2.16. The summed E-state index contributed by atoms with van der Waals surface area (Å²) in [6, 6.07) is 11.4. The lowest BCUT2D eigenvalue weighted by Gasteiger charge is -2.34. The number of hydrogen-bond donors (Lipinski definition) is 0. The minimum atomic E-state index is -0.0547. The van der Waals surface area contributed by atoms with Gasteiger partial charge in [0.1, 0.15) is 0 Å². The minimum Gasteiger partial charge on any atom is -0.339 e. The van der Waals surface area contributed by atoms with Gasteiger partial charge in [0, 0.05) is 63.0 Å². The van der Waals surface area contributed by atoms with Gasteiger partial charge >= 0.3 is 0 Å². The van der Waals surface area contributed by atoms with Gasteiger partial charge in [-0.25, -0.2) is 9.97 Å². The number of aromatic nitrogens is 3. The van der Waals surface area contributed by atoms with Gasteiger partial charge in [-0.2, -0.15) is 0 Å². The van der Waals surface area contributed by atoms with E-state index in [0.29, 0.717) is 32.1 Å². The summed E-state index contributed by atoms with van der Waals surface area (Å²) in [5.74, 6) is 0.661. The van der Waals surface area contributed by atoms with Gasteiger partial charge in [0.25, 0.3) is 0 Å². The molecule has 0 radical (unpaired) electrons. The van der Waals surface area contributed by atoms with Crippen LogP contribution in [0.2, 0.25) is 0 Å². The van der Waals surface area contributed by atoms with Gasteiger partial charge in [-0.05, 0) is 18.2 Å². The second-order valence-corrected chi connectivity index (χ2v) is 6.55. The van der Waals surface area contributed by atoms with E-state index in [2.05, 4.69) is 14.9 Å². The summed E-state index contributed by atoms with van der Waals surface area (Å²) in [5.41, 5.74) is 0.881. The van der Waals surface area contributed by atoms with Gasteiger partial charge in [-0.1, -0.05) is 18.2 Å². The van der Waals surface area contributed by atoms with Crippen LogP contribution in [0.3, 0.4) is 0 Å². The van der Waals surface area contributed by atoms with Crippen LogP contribution in [-0.4, -0.2) is 57.4 Å². The van der Waals surface area contributed by atoms with Crippen molar-refractivity contribution in [3.63, 3.8) is 0 Å². The summed E-state index contributed by atoms with van der Waals surface area (Å²) in [6.45, 7) is 2.65. The predicted molar refractivity (Wildman–Crippen MR) is 103 cm³/mol. The summed E-state index contributed by atoms with van der Waals surface area (Å²) in [7, 11) is 0. The molecule has 0 saturated carbocycles. The van der Waals surface area contributed by atoms with Crippen LogP contribution in [0.15, 0.2) is 55.0 Å². The van der Waals surface area contributed by atoms with Crippen molar-refractivity contribution in [3.8, 4) is 0 Å². The average molecular weight is 363 g/mol. The molecular weight excluding hydrogens is 342 g/mol. The average Bonchev–Trinajstić information content (AvgIpc) is 3.17. The molecule has 3 heterocycles. The van der Waals surface area contributed by atoms with Crippen molar-refractivity contribution in [2.45, 2.75) is 12.8 Å². The zero-order valence-corrected chi connectivity index (χ0v) is 15.0. The number of anilines is 1. The lowest BCUT2D eigenvalue weighted by molar-refractivity contribution is -0.131. The topological polar surface area (TPSA) is 71.3 Å². The van der Waals surface area contributed by atoms with Gasteiger partial charge in [0.2, 0.25) is 17.8 Å². The molecule has 7 nitrogen and oxygen atoms in total. The Morgan fingerprint density at radius 3 is 2.33 bits per heavy atom. The monoisotopic (exact) mass is 363 g/mol. The molecule has 0 N–H and O–H groups in total. The first kappa shape index (κ1) is 17.2. The molecule has 0 spiro atoms. The van der Waals surface area contributed by atoms with E-state index in [9.17, 15) is 9.59 Å². The molecule has 1 fully saturated rings. The van der Waals surface area contributed by atoms with Crippen molar-refractivity contribution in [2.24, 2.45) is 0 Å². The van der Waals surface area contributed by atoms with E-state index in [1.165, 1.54) is 0 Å². The molecule has 1 saturated heterocycles. The molecule has 138 valence electrons. The van der Waals surface area contributed by atoms with Crippen molar-refractivity contribution in [2.75, 3.05) is 31.1 Å². The lowest BCUT2D eigenvalue weighted by Crippen LogP contribution is -2.49. The molecule has 0 aliphatic carbocycles. The van der Waals surface area contributed by atoms with Gasteiger partial charge in [-0.3, -0.25) is 14.2 Å². The molecule has 7 heteroatoms. The van der Waals surface area contributed by atoms with Gasteiger partial charge in [0.15, 0.2) is 0 Å². The van der Waals surface area contributed by atoms with E-state index in [0.717, 1.165) is 10.9 Å². The number of carbonyl (C=O) groups is 2. The van der Waals surface area contributed by atoms with Crippen LogP contribution < -0.4 is 4.90 Å². The molecule has 4 rings (SSSR count). The lowest BCUT2D eigenvalue weighted by atomic mass is 10.2. The largest absolute Gasteiger partial charge is 0.339 e. The third-order valence-corrected chi connectivity index (χ3v) is 4.89. The summed E-state index contributed by atoms with van der Waals surface area (Å²) in [5, 5.41) is 1.02. The van der Waals surface area contributed by atoms with Gasteiger partial charge < -0.3 is 9.80 Å². The first-order valence-corrected chi connectivity index (χ1v) is 9.11. The highest BCUT2D eigenvalue weighted by Gasteiger charge is 2.23. The third-order valence-electron chi connectivity index (χ3n) is 4.89. The van der Waals surface area contributed by atoms with Crippen molar-refractivity contribution in [3.05, 3.63) is 55.0 Å². The summed E-state index contributed by atoms with van der Waals surface area (Å²) >= 11 is 0. The number of amides is 1. The first-order valence-electron chi connectivity index (χ1n) is 9.11. The molecule has 1 aliphatic rings. The van der Waals surface area contributed by atoms with Crippen molar-refractivity contribution >= 4 is 28.7 Å². The summed E-state index contributed by atoms with van der Waals surface area (Å²) in [6.07, 6.45) is 5.65. The highest BCUT2D eigenvalue weighted by atomic mass is 16.2. The maximum absolute atomic E-state index is 12.5. The van der Waals surface area contributed by atoms with E-state index in [4.69, 9.17) is 0 Å². The number of hydrogen-bond acceptors (Lipinski definition) is 5. The number of para-hydroxylation sites is 1. The maximum Gasteiger partial charge on any atom is 0.231 e. The van der Waals surface area contributed by atoms with Gasteiger partial charge in [-0.15, -0.1) is 0 Å². The number of nitrogens with zero attached hydrogens (tertiary/aromatic N) is 5. The van der Waals surface area contributed by atoms with Crippen molar-refractivity contribution < 1.29 is 9.59 Å². The normalized spacial score (nSPS) is 14.5. The van der Waals surface area contributed by atoms with Crippen LogP contribution in [0.4, 0.5) is 5.95 Å². The van der Waals surface area contributed by atoms with E-state index < -0.39 is 0 Å². The molecule has 27 heavy (non-hydrogen) atoms. The van der Waals surface area contributed by atoms with Crippen LogP contribution in [0, 0.1) is 0 Å². The second-order valence-electron chi connectivity index (χ2n) is 6.55. The molecule has 1 aromatic carbocycles. The molecule has 0 unspecified atom stereocenters. The van der Waals surface area contributed by atoms with Gasteiger partial charge in [0.05, 0.1) is 5.52 Å². The molecule has 0 atom stereocenters. The molecule has 1 aliphatic heterocycles. The van der Waals surface area contributed by atoms with E-state index in [-0.39, 0.29) is 24.7 Å². The quantitative estimate of drug-likeness (QED) is 0.711. The Hall–Kier alpha value is -3.22. The fraction of sp³-hybridized carbons (Fsp3) is 0.300. The minimum absolute atomic E-state index is 0.0217. The number of fused-ring (bicyclic) bond motifs is 1. The fourth-order valence-corrected chi connectivity index (χ4v) is 3.40. The van der Waals surface area contributed by atoms with E-state index >= 15 is 0 Å². The summed E-state index contributed by atoms with van der Waals surface area (Å²) < 4.78 is 1.63. The van der Waals surface area contributed by atoms with E-state index in [1.54, 1.807) is 29.2 Å². The summed E-state index contributed by atoms with van der Waals surface area (Å²) in [4.78, 5) is 37.4. The number of benzene rings is 1. The molecule has 2 aromatic heterocycles. The Balaban J connectivity index is 1.30. The molecular formula is C20H21N5O2. The van der Waals surface area contributed by atoms with Crippen LogP contribution in [0.1, 0.15) is 17.6 Å². The number of rotatable bonds is 4. The fourth-order valence-electron chi connectivity index (χ4n) is 3.40. The molecule has 3 aromatic rings. The second kappa shape index (κ2) is 7.57. The molecule has 0 bridgehead atoms. The third kappa shape index (κ3) is 3.67. The number of piperazine rings is 1. The Kier molecular flexibility index (Phi) is 4.82. The van der Waals surface area contributed by atoms with Crippen LogP contribution >= 0.6 is 0 Å². The van der Waals surface area contributed by atoms with Crippen LogP contribution in [0.5, 0.6) is 0 Å². The Morgan fingerprint density at radius 1 is 0.852 bits per heavy atom. The SMILES string of the molecule is O=C(CCC(=O)n1ccc2ccccc21)N1CCN(c2ncccn2)CC1. The molecule has 1 amide bonds.